The van der Waals surface area contributed by atoms with Crippen LogP contribution in [0.2, 0.25) is 0 Å². The predicted octanol–water partition coefficient (Wildman–Crippen LogP) is 4.73. The molecule has 3 heterocycles. The van der Waals surface area contributed by atoms with Crippen molar-refractivity contribution < 1.29 is 0 Å². The van der Waals surface area contributed by atoms with Crippen molar-refractivity contribution in [2.45, 2.75) is 26.3 Å². The van der Waals surface area contributed by atoms with Crippen LogP contribution in [0.25, 0.3) is 22.5 Å². The van der Waals surface area contributed by atoms with Gasteiger partial charge >= 0.3 is 0 Å². The van der Waals surface area contributed by atoms with E-state index in [0.717, 1.165) is 60.0 Å². The molecular formula is C27H26N6. The van der Waals surface area contributed by atoms with Crippen LogP contribution < -0.4 is 0 Å². The largest absolute Gasteiger partial charge is 0.373 e. The molecule has 0 aliphatic carbocycles. The molecule has 1 aliphatic heterocycles. The van der Waals surface area contributed by atoms with E-state index in [0.29, 0.717) is 12.1 Å². The summed E-state index contributed by atoms with van der Waals surface area (Å²) in [6.45, 7) is 8.83. The van der Waals surface area contributed by atoms with Crippen LogP contribution in [-0.2, 0) is 19.4 Å². The van der Waals surface area contributed by atoms with E-state index >= 15 is 0 Å². The summed E-state index contributed by atoms with van der Waals surface area (Å²) < 4.78 is 2.03. The maximum absolute atomic E-state index is 9.30. The van der Waals surface area contributed by atoms with Crippen molar-refractivity contribution in [1.82, 2.24) is 24.6 Å². The second-order valence-electron chi connectivity index (χ2n) is 8.43. The normalized spacial score (nSPS) is 13.3. The Morgan fingerprint density at radius 2 is 1.85 bits per heavy atom. The van der Waals surface area contributed by atoms with Crippen molar-refractivity contribution in [2.24, 2.45) is 0 Å². The lowest BCUT2D eigenvalue weighted by Crippen LogP contribution is -2.28. The Kier molecular flexibility index (Phi) is 5.54. The van der Waals surface area contributed by atoms with E-state index in [-0.39, 0.29) is 0 Å². The second kappa shape index (κ2) is 8.79. The first-order chi connectivity index (χ1) is 16.1. The van der Waals surface area contributed by atoms with E-state index in [4.69, 9.17) is 5.10 Å². The predicted molar refractivity (Wildman–Crippen MR) is 129 cm³/mol. The number of aromatic amines is 1. The lowest BCUT2D eigenvalue weighted by Gasteiger charge is -2.25. The highest BCUT2D eigenvalue weighted by Gasteiger charge is 2.19. The van der Waals surface area contributed by atoms with Crippen LogP contribution in [0.3, 0.4) is 0 Å². The maximum Gasteiger partial charge on any atom is 0.103 e. The molecule has 0 spiro atoms. The van der Waals surface area contributed by atoms with Gasteiger partial charge in [-0.3, -0.25) is 4.68 Å². The molecule has 0 radical (unpaired) electrons. The number of aryl methyl sites for hydroxylation is 1. The van der Waals surface area contributed by atoms with Crippen LogP contribution in [0.4, 0.5) is 0 Å². The molecule has 6 nitrogen and oxygen atoms in total. The molecule has 0 saturated heterocycles. The van der Waals surface area contributed by atoms with Gasteiger partial charge in [-0.1, -0.05) is 49.0 Å². The zero-order chi connectivity index (χ0) is 22.8. The minimum atomic E-state index is 0.600. The Morgan fingerprint density at radius 1 is 1.06 bits per heavy atom. The lowest BCUT2D eigenvalue weighted by atomic mass is 10.1. The molecule has 6 heteroatoms. The standard InChI is InChI=1S/C27H26N6/c1-19(32-13-11-24-25(12-14-32)30-20(2)29-24)18-33-27(22-8-4-3-5-9-22)16-26(31-33)23-10-6-7-21(15-23)17-28/h3-10,15-16H,1,11-14,18H2,2H3,(H,29,30). The van der Waals surface area contributed by atoms with Gasteiger partial charge in [0, 0.05) is 42.9 Å². The van der Waals surface area contributed by atoms with Crippen LogP contribution in [0.15, 0.2) is 72.9 Å². The zero-order valence-corrected chi connectivity index (χ0v) is 18.8. The highest BCUT2D eigenvalue weighted by Crippen LogP contribution is 2.28. The smallest absolute Gasteiger partial charge is 0.103 e. The van der Waals surface area contributed by atoms with E-state index in [1.54, 1.807) is 0 Å². The molecule has 1 N–H and O–H groups in total. The van der Waals surface area contributed by atoms with E-state index in [9.17, 15) is 5.26 Å². The topological polar surface area (TPSA) is 73.5 Å². The quantitative estimate of drug-likeness (QED) is 0.493. The number of H-pyrrole nitrogens is 1. The van der Waals surface area contributed by atoms with Gasteiger partial charge in [0.05, 0.1) is 35.3 Å². The fourth-order valence-electron chi connectivity index (χ4n) is 4.46. The van der Waals surface area contributed by atoms with Crippen molar-refractivity contribution >= 4 is 0 Å². The summed E-state index contributed by atoms with van der Waals surface area (Å²) in [5, 5.41) is 14.2. The number of nitrogens with zero attached hydrogens (tertiary/aromatic N) is 5. The molecule has 0 atom stereocenters. The van der Waals surface area contributed by atoms with Gasteiger partial charge in [0.15, 0.2) is 0 Å². The Balaban J connectivity index is 1.43. The maximum atomic E-state index is 9.30. The van der Waals surface area contributed by atoms with Crippen molar-refractivity contribution in [2.75, 3.05) is 13.1 Å². The summed E-state index contributed by atoms with van der Waals surface area (Å²) in [6.07, 6.45) is 1.85. The van der Waals surface area contributed by atoms with Gasteiger partial charge < -0.3 is 9.88 Å². The summed E-state index contributed by atoms with van der Waals surface area (Å²) in [4.78, 5) is 10.4. The number of aromatic nitrogens is 4. The Morgan fingerprint density at radius 3 is 2.67 bits per heavy atom. The van der Waals surface area contributed by atoms with Gasteiger partial charge in [0.2, 0.25) is 0 Å². The third-order valence-corrected chi connectivity index (χ3v) is 6.15. The molecule has 4 aromatic rings. The number of nitriles is 1. The van der Waals surface area contributed by atoms with Crippen molar-refractivity contribution in [1.29, 1.82) is 5.26 Å². The van der Waals surface area contributed by atoms with Crippen LogP contribution in [0, 0.1) is 18.3 Å². The van der Waals surface area contributed by atoms with Crippen LogP contribution >= 0.6 is 0 Å². The molecule has 0 amide bonds. The van der Waals surface area contributed by atoms with Gasteiger partial charge in [-0.05, 0) is 30.7 Å². The Bertz CT molecular complexity index is 1310. The van der Waals surface area contributed by atoms with Crippen LogP contribution in [0.1, 0.15) is 22.8 Å². The zero-order valence-electron chi connectivity index (χ0n) is 18.8. The first-order valence-corrected chi connectivity index (χ1v) is 11.2. The molecule has 1 aliphatic rings. The van der Waals surface area contributed by atoms with E-state index < -0.39 is 0 Å². The fourth-order valence-corrected chi connectivity index (χ4v) is 4.46. The SMILES string of the molecule is C=C(Cn1nc(-c2cccc(C#N)c2)cc1-c1ccccc1)N1CCc2nc(C)[nH]c2CC1. The number of hydrogen-bond acceptors (Lipinski definition) is 4. The van der Waals surface area contributed by atoms with Crippen molar-refractivity contribution in [3.63, 3.8) is 0 Å². The first-order valence-electron chi connectivity index (χ1n) is 11.2. The number of rotatable bonds is 5. The Hall–Kier alpha value is -4.11. The molecule has 33 heavy (non-hydrogen) atoms. The van der Waals surface area contributed by atoms with Gasteiger partial charge in [-0.25, -0.2) is 4.98 Å². The minimum Gasteiger partial charge on any atom is -0.373 e. The van der Waals surface area contributed by atoms with Crippen LogP contribution in [0.5, 0.6) is 0 Å². The number of benzene rings is 2. The van der Waals surface area contributed by atoms with Crippen LogP contribution in [-0.4, -0.2) is 37.7 Å². The monoisotopic (exact) mass is 434 g/mol. The minimum absolute atomic E-state index is 0.600. The Labute approximate surface area is 193 Å². The number of nitrogens with one attached hydrogen (secondary N) is 1. The number of hydrogen-bond donors (Lipinski definition) is 1. The molecule has 0 fully saturated rings. The van der Waals surface area contributed by atoms with Crippen molar-refractivity contribution in [3.05, 3.63) is 95.7 Å². The molecule has 164 valence electrons. The molecule has 0 unspecified atom stereocenters. The first kappa shape index (κ1) is 20.8. The summed E-state index contributed by atoms with van der Waals surface area (Å²) in [6, 6.07) is 22.2. The number of fused-ring (bicyclic) bond motifs is 1. The van der Waals surface area contributed by atoms with Gasteiger partial charge in [-0.2, -0.15) is 10.4 Å². The summed E-state index contributed by atoms with van der Waals surface area (Å²) in [5.41, 5.74) is 8.00. The van der Waals surface area contributed by atoms with Crippen molar-refractivity contribution in [3.8, 4) is 28.6 Å². The molecule has 5 rings (SSSR count). The average Bonchev–Trinajstić information content (AvgIpc) is 3.36. The third-order valence-electron chi connectivity index (χ3n) is 6.15. The lowest BCUT2D eigenvalue weighted by molar-refractivity contribution is 0.338. The molecule has 2 aromatic heterocycles. The highest BCUT2D eigenvalue weighted by molar-refractivity contribution is 5.69. The summed E-state index contributed by atoms with van der Waals surface area (Å²) in [5.74, 6) is 0.990. The number of imidazole rings is 1. The summed E-state index contributed by atoms with van der Waals surface area (Å²) >= 11 is 0. The fraction of sp³-hybridized carbons (Fsp3) is 0.222. The van der Waals surface area contributed by atoms with Gasteiger partial charge in [0.25, 0.3) is 0 Å². The third kappa shape index (κ3) is 4.31. The highest BCUT2D eigenvalue weighted by atomic mass is 15.3. The van der Waals surface area contributed by atoms with E-state index in [1.807, 2.05) is 54.1 Å². The second-order valence-corrected chi connectivity index (χ2v) is 8.43. The van der Waals surface area contributed by atoms with E-state index in [1.165, 1.54) is 11.4 Å². The average molecular weight is 435 g/mol. The number of allylic oxidation sites excluding steroid dienone is 1. The molecule has 2 aromatic carbocycles. The van der Waals surface area contributed by atoms with Gasteiger partial charge in [-0.15, -0.1) is 0 Å². The van der Waals surface area contributed by atoms with Gasteiger partial charge in [0.1, 0.15) is 5.82 Å². The summed E-state index contributed by atoms with van der Waals surface area (Å²) in [7, 11) is 0. The van der Waals surface area contributed by atoms with E-state index in [2.05, 4.69) is 45.7 Å². The molecule has 0 saturated carbocycles. The molecular weight excluding hydrogens is 408 g/mol. The molecule has 0 bridgehead atoms.